The first kappa shape index (κ1) is 25.6. The van der Waals surface area contributed by atoms with Gasteiger partial charge in [-0.3, -0.25) is 19.2 Å². The summed E-state index contributed by atoms with van der Waals surface area (Å²) in [6.07, 6.45) is 0. The maximum absolute atomic E-state index is 12.4. The maximum Gasteiger partial charge on any atom is 0.308 e. The normalized spacial score (nSPS) is 11.9. The molecule has 1 aliphatic heterocycles. The quantitative estimate of drug-likeness (QED) is 0.144. The molecule has 0 spiro atoms. The Morgan fingerprint density at radius 3 is 1.39 bits per heavy atom. The largest absolute Gasteiger partial charge is 0.422 e. The Hall–Kier alpha value is -4.02. The van der Waals surface area contributed by atoms with E-state index in [-0.39, 0.29) is 23.0 Å². The van der Waals surface area contributed by atoms with Crippen LogP contribution in [0.2, 0.25) is 0 Å². The zero-order valence-electron chi connectivity index (χ0n) is 20.7. The lowest BCUT2D eigenvalue weighted by molar-refractivity contribution is -0.136. The zero-order chi connectivity index (χ0) is 27.1. The summed E-state index contributed by atoms with van der Waals surface area (Å²) >= 11 is 2.99. The van der Waals surface area contributed by atoms with Crippen molar-refractivity contribution in [1.82, 2.24) is 0 Å². The van der Waals surface area contributed by atoms with Crippen LogP contribution in [0.4, 0.5) is 0 Å². The van der Waals surface area contributed by atoms with Crippen LogP contribution < -0.4 is 18.9 Å². The van der Waals surface area contributed by atoms with Gasteiger partial charge >= 0.3 is 23.9 Å². The molecule has 0 aromatic heterocycles. The lowest BCUT2D eigenvalue weighted by Crippen LogP contribution is -2.14. The van der Waals surface area contributed by atoms with Crippen molar-refractivity contribution >= 4 is 68.9 Å². The Balaban J connectivity index is 2.05. The van der Waals surface area contributed by atoms with Gasteiger partial charge < -0.3 is 18.9 Å². The van der Waals surface area contributed by atoms with Crippen molar-refractivity contribution in [3.63, 3.8) is 0 Å². The zero-order valence-corrected chi connectivity index (χ0v) is 22.3. The summed E-state index contributed by atoms with van der Waals surface area (Å²) in [6.45, 7) is 4.72. The van der Waals surface area contributed by atoms with Crippen molar-refractivity contribution in [2.75, 3.05) is 0 Å². The van der Waals surface area contributed by atoms with Gasteiger partial charge in [-0.25, -0.2) is 0 Å². The lowest BCUT2D eigenvalue weighted by atomic mass is 9.98. The van der Waals surface area contributed by atoms with Gasteiger partial charge in [-0.15, -0.1) is 0 Å². The van der Waals surface area contributed by atoms with Crippen LogP contribution in [0.1, 0.15) is 27.7 Å². The number of ether oxygens (including phenoxy) is 4. The molecular weight excluding hydrogens is 528 g/mol. The summed E-state index contributed by atoms with van der Waals surface area (Å²) in [5, 5.41) is 2.24. The smallest absolute Gasteiger partial charge is 0.308 e. The molecule has 0 N–H and O–H groups in total. The van der Waals surface area contributed by atoms with Gasteiger partial charge in [-0.1, -0.05) is 59.9 Å². The summed E-state index contributed by atoms with van der Waals surface area (Å²) in [6, 6.07) is 15.3. The van der Waals surface area contributed by atoms with Crippen LogP contribution in [0.5, 0.6) is 23.0 Å². The number of esters is 4. The predicted octanol–water partition coefficient (Wildman–Crippen LogP) is 6.31. The topological polar surface area (TPSA) is 105 Å². The molecule has 1 heterocycles. The van der Waals surface area contributed by atoms with Gasteiger partial charge in [0.2, 0.25) is 11.5 Å². The molecule has 8 nitrogen and oxygen atoms in total. The van der Waals surface area contributed by atoms with Gasteiger partial charge in [-0.2, -0.15) is 0 Å². The molecule has 0 amide bonds. The van der Waals surface area contributed by atoms with E-state index in [0.717, 1.165) is 33.9 Å². The van der Waals surface area contributed by atoms with Gasteiger partial charge in [-0.05, 0) is 22.9 Å². The maximum atomic E-state index is 12.4. The molecule has 1 aliphatic rings. The lowest BCUT2D eigenvalue weighted by Gasteiger charge is -2.26. The molecule has 0 unspecified atom stereocenters. The third-order valence-corrected chi connectivity index (χ3v) is 8.10. The van der Waals surface area contributed by atoms with Crippen LogP contribution in [-0.4, -0.2) is 23.9 Å². The standard InChI is InChI=1S/C28H20O8S2/c1-13(29)33-23-21-17-9-5-6-10-18(17)27-28(38-20-12-8-7-11-19(20)37-27)22(21)24(34-14(2)30)26(36-16(4)32)25(23)35-15(3)31/h5-12H,1-4H3. The van der Waals surface area contributed by atoms with E-state index in [4.69, 9.17) is 18.9 Å². The van der Waals surface area contributed by atoms with E-state index in [0.29, 0.717) is 21.1 Å². The van der Waals surface area contributed by atoms with Crippen LogP contribution in [0.15, 0.2) is 68.1 Å². The minimum absolute atomic E-state index is 0.121. The van der Waals surface area contributed by atoms with Gasteiger partial charge in [0.05, 0.1) is 0 Å². The number of hydrogen-bond acceptors (Lipinski definition) is 10. The number of benzene rings is 4. The highest BCUT2D eigenvalue weighted by atomic mass is 32.2. The molecule has 4 aromatic rings. The number of hydrogen-bond donors (Lipinski definition) is 0. The molecule has 5 rings (SSSR count). The molecule has 192 valence electrons. The van der Waals surface area contributed by atoms with E-state index >= 15 is 0 Å². The number of carbonyl (C=O) groups is 4. The van der Waals surface area contributed by atoms with Crippen molar-refractivity contribution in [1.29, 1.82) is 0 Å². The highest BCUT2D eigenvalue weighted by molar-refractivity contribution is 8.05. The Labute approximate surface area is 225 Å². The van der Waals surface area contributed by atoms with Crippen molar-refractivity contribution in [2.24, 2.45) is 0 Å². The Bertz CT molecular complexity index is 1690. The molecule has 0 bridgehead atoms. The van der Waals surface area contributed by atoms with Crippen LogP contribution in [0, 0.1) is 0 Å². The molecular formula is C28H20O8S2. The van der Waals surface area contributed by atoms with Crippen LogP contribution in [0.25, 0.3) is 21.5 Å². The van der Waals surface area contributed by atoms with Gasteiger partial charge in [0, 0.05) is 58.0 Å². The third kappa shape index (κ3) is 4.57. The average Bonchev–Trinajstić information content (AvgIpc) is 2.85. The van der Waals surface area contributed by atoms with E-state index in [2.05, 4.69) is 0 Å². The van der Waals surface area contributed by atoms with Gasteiger partial charge in [0.1, 0.15) is 0 Å². The fourth-order valence-corrected chi connectivity index (χ4v) is 6.81. The summed E-state index contributed by atoms with van der Waals surface area (Å²) in [5.74, 6) is -3.84. The number of fused-ring (bicyclic) bond motifs is 7. The molecule has 38 heavy (non-hydrogen) atoms. The Kier molecular flexibility index (Phi) is 6.77. The first-order valence-corrected chi connectivity index (χ1v) is 13.1. The van der Waals surface area contributed by atoms with Gasteiger partial charge in [0.15, 0.2) is 11.5 Å². The Morgan fingerprint density at radius 2 is 0.895 bits per heavy atom. The highest BCUT2D eigenvalue weighted by Gasteiger charge is 2.34. The van der Waals surface area contributed by atoms with Crippen LogP contribution in [0.3, 0.4) is 0 Å². The van der Waals surface area contributed by atoms with E-state index in [1.807, 2.05) is 48.5 Å². The molecule has 0 saturated heterocycles. The first-order chi connectivity index (χ1) is 18.2. The molecule has 0 radical (unpaired) electrons. The molecule has 0 fully saturated rings. The molecule has 0 aliphatic carbocycles. The average molecular weight is 549 g/mol. The number of carbonyl (C=O) groups excluding carboxylic acids is 4. The minimum atomic E-state index is -0.763. The van der Waals surface area contributed by atoms with Crippen molar-refractivity contribution in [3.05, 3.63) is 48.5 Å². The summed E-state index contributed by atoms with van der Waals surface area (Å²) in [5.41, 5.74) is 0. The molecule has 4 aromatic carbocycles. The van der Waals surface area contributed by atoms with E-state index in [1.165, 1.54) is 25.6 Å². The second kappa shape index (κ2) is 10.0. The SMILES string of the molecule is CC(=O)Oc1c(OC(C)=O)c(OC(C)=O)c2c(c1OC(C)=O)c1c(c3ccccc32)Sc2ccccc2S1. The summed E-state index contributed by atoms with van der Waals surface area (Å²) < 4.78 is 22.3. The number of rotatable bonds is 4. The van der Waals surface area contributed by atoms with E-state index < -0.39 is 23.9 Å². The monoisotopic (exact) mass is 548 g/mol. The molecule has 10 heteroatoms. The predicted molar refractivity (Wildman–Crippen MR) is 141 cm³/mol. The van der Waals surface area contributed by atoms with Crippen molar-refractivity contribution in [2.45, 2.75) is 47.3 Å². The second-order valence-corrected chi connectivity index (χ2v) is 10.4. The first-order valence-electron chi connectivity index (χ1n) is 11.4. The minimum Gasteiger partial charge on any atom is -0.422 e. The summed E-state index contributed by atoms with van der Waals surface area (Å²) in [4.78, 5) is 52.6. The Morgan fingerprint density at radius 1 is 0.500 bits per heavy atom. The molecule has 0 atom stereocenters. The summed E-state index contributed by atoms with van der Waals surface area (Å²) in [7, 11) is 0. The van der Waals surface area contributed by atoms with Crippen LogP contribution in [-0.2, 0) is 19.2 Å². The fraction of sp³-hybridized carbons (Fsp3) is 0.143. The van der Waals surface area contributed by atoms with Crippen molar-refractivity contribution in [3.8, 4) is 23.0 Å². The highest BCUT2D eigenvalue weighted by Crippen LogP contribution is 2.61. The third-order valence-electron chi connectivity index (χ3n) is 5.45. The van der Waals surface area contributed by atoms with Crippen molar-refractivity contribution < 1.29 is 38.1 Å². The van der Waals surface area contributed by atoms with Gasteiger partial charge in [0.25, 0.3) is 0 Å². The van der Waals surface area contributed by atoms with E-state index in [9.17, 15) is 19.2 Å². The second-order valence-electron chi connectivity index (χ2n) is 8.30. The van der Waals surface area contributed by atoms with Crippen LogP contribution >= 0.6 is 23.5 Å². The van der Waals surface area contributed by atoms with E-state index in [1.54, 1.807) is 11.8 Å². The molecule has 0 saturated carbocycles. The fourth-order valence-electron chi connectivity index (χ4n) is 4.26.